The van der Waals surface area contributed by atoms with Crippen LogP contribution in [0.1, 0.15) is 61.4 Å². The number of fused-ring (bicyclic) bond motifs is 1. The summed E-state index contributed by atoms with van der Waals surface area (Å²) in [4.78, 5) is 0. The van der Waals surface area contributed by atoms with Gasteiger partial charge in [0.2, 0.25) is 0 Å². The SMILES string of the molecule is Cc1c(C=CC#N)c2c(c(C(C)C)c1OCc1ccccc1)CC(C)(C)O2. The lowest BCUT2D eigenvalue weighted by molar-refractivity contribution is 0.138. The predicted molar refractivity (Wildman–Crippen MR) is 109 cm³/mol. The lowest BCUT2D eigenvalue weighted by Gasteiger charge is -2.22. The highest BCUT2D eigenvalue weighted by atomic mass is 16.5. The molecule has 0 aromatic heterocycles. The van der Waals surface area contributed by atoms with Crippen LogP contribution in [0.4, 0.5) is 0 Å². The van der Waals surface area contributed by atoms with Gasteiger partial charge in [-0.25, -0.2) is 0 Å². The summed E-state index contributed by atoms with van der Waals surface area (Å²) in [6, 6.07) is 12.3. The van der Waals surface area contributed by atoms with E-state index in [4.69, 9.17) is 14.7 Å². The lowest BCUT2D eigenvalue weighted by Crippen LogP contribution is -2.25. The van der Waals surface area contributed by atoms with Gasteiger partial charge in [-0.2, -0.15) is 5.26 Å². The van der Waals surface area contributed by atoms with Gasteiger partial charge in [0.05, 0.1) is 6.07 Å². The van der Waals surface area contributed by atoms with Crippen LogP contribution in [0.3, 0.4) is 0 Å². The molecule has 0 fully saturated rings. The Bertz CT molecular complexity index is 902. The first-order valence-corrected chi connectivity index (χ1v) is 9.45. The number of hydrogen-bond donors (Lipinski definition) is 0. The number of nitriles is 1. The first-order valence-electron chi connectivity index (χ1n) is 9.45. The van der Waals surface area contributed by atoms with Crippen LogP contribution in [0.5, 0.6) is 11.5 Å². The van der Waals surface area contributed by atoms with Crippen LogP contribution < -0.4 is 9.47 Å². The van der Waals surface area contributed by atoms with E-state index in [1.165, 1.54) is 17.2 Å². The number of hydrogen-bond acceptors (Lipinski definition) is 3. The van der Waals surface area contributed by atoms with Crippen LogP contribution in [0.2, 0.25) is 0 Å². The van der Waals surface area contributed by atoms with E-state index in [2.05, 4.69) is 52.8 Å². The van der Waals surface area contributed by atoms with E-state index in [9.17, 15) is 0 Å². The molecular formula is C24H27NO2. The largest absolute Gasteiger partial charge is 0.488 e. The number of benzene rings is 2. The molecule has 27 heavy (non-hydrogen) atoms. The van der Waals surface area contributed by atoms with E-state index in [1.807, 2.05) is 24.3 Å². The maximum atomic E-state index is 9.02. The number of ether oxygens (including phenoxy) is 2. The normalized spacial score (nSPS) is 14.9. The van der Waals surface area contributed by atoms with Crippen molar-refractivity contribution in [2.75, 3.05) is 0 Å². The van der Waals surface area contributed by atoms with E-state index in [-0.39, 0.29) is 5.60 Å². The van der Waals surface area contributed by atoms with E-state index in [1.54, 1.807) is 0 Å². The highest BCUT2D eigenvalue weighted by molar-refractivity contribution is 5.72. The van der Waals surface area contributed by atoms with Gasteiger partial charge in [0, 0.05) is 34.8 Å². The van der Waals surface area contributed by atoms with E-state index in [0.29, 0.717) is 12.5 Å². The number of rotatable bonds is 5. The summed E-state index contributed by atoms with van der Waals surface area (Å²) < 4.78 is 12.7. The van der Waals surface area contributed by atoms with Gasteiger partial charge in [0.25, 0.3) is 0 Å². The minimum atomic E-state index is -0.258. The van der Waals surface area contributed by atoms with Crippen LogP contribution in [-0.2, 0) is 13.0 Å². The quantitative estimate of drug-likeness (QED) is 0.618. The molecule has 0 N–H and O–H groups in total. The van der Waals surface area contributed by atoms with Gasteiger partial charge in [0.15, 0.2) is 0 Å². The first-order chi connectivity index (χ1) is 12.8. The lowest BCUT2D eigenvalue weighted by atomic mass is 9.87. The summed E-state index contributed by atoms with van der Waals surface area (Å²) in [6.45, 7) is 11.2. The Morgan fingerprint density at radius 2 is 1.96 bits per heavy atom. The maximum Gasteiger partial charge on any atom is 0.131 e. The molecule has 0 saturated carbocycles. The molecule has 1 heterocycles. The molecule has 2 aromatic carbocycles. The summed E-state index contributed by atoms with van der Waals surface area (Å²) in [5.74, 6) is 2.14. The predicted octanol–water partition coefficient (Wildman–Crippen LogP) is 5.95. The van der Waals surface area contributed by atoms with Crippen molar-refractivity contribution in [3.63, 3.8) is 0 Å². The monoisotopic (exact) mass is 361 g/mol. The van der Waals surface area contributed by atoms with Crippen molar-refractivity contribution < 1.29 is 9.47 Å². The molecule has 1 aliphatic rings. The molecule has 2 aromatic rings. The van der Waals surface area contributed by atoms with Crippen LogP contribution >= 0.6 is 0 Å². The van der Waals surface area contributed by atoms with Crippen molar-refractivity contribution in [3.05, 3.63) is 64.2 Å². The van der Waals surface area contributed by atoms with Crippen LogP contribution in [0.25, 0.3) is 6.08 Å². The van der Waals surface area contributed by atoms with Gasteiger partial charge in [-0.15, -0.1) is 0 Å². The Morgan fingerprint density at radius 1 is 1.26 bits per heavy atom. The molecule has 0 radical (unpaired) electrons. The molecule has 3 rings (SSSR count). The molecule has 0 spiro atoms. The van der Waals surface area contributed by atoms with Crippen molar-refractivity contribution in [3.8, 4) is 17.6 Å². The van der Waals surface area contributed by atoms with E-state index in [0.717, 1.165) is 34.6 Å². The molecule has 1 aliphatic heterocycles. The number of nitrogens with zero attached hydrogens (tertiary/aromatic N) is 1. The van der Waals surface area contributed by atoms with Crippen molar-refractivity contribution in [2.24, 2.45) is 0 Å². The van der Waals surface area contributed by atoms with Gasteiger partial charge in [-0.05, 0) is 38.3 Å². The third-order valence-electron chi connectivity index (χ3n) is 4.94. The van der Waals surface area contributed by atoms with Crippen LogP contribution in [0.15, 0.2) is 36.4 Å². The van der Waals surface area contributed by atoms with Crippen LogP contribution in [-0.4, -0.2) is 5.60 Å². The molecule has 3 nitrogen and oxygen atoms in total. The second kappa shape index (κ2) is 7.48. The second-order valence-corrected chi connectivity index (χ2v) is 8.02. The van der Waals surface area contributed by atoms with Gasteiger partial charge >= 0.3 is 0 Å². The molecular weight excluding hydrogens is 334 g/mol. The fourth-order valence-corrected chi connectivity index (χ4v) is 3.79. The minimum absolute atomic E-state index is 0.258. The summed E-state index contributed by atoms with van der Waals surface area (Å²) in [5.41, 5.74) is 5.28. The molecule has 0 atom stereocenters. The Kier molecular flexibility index (Phi) is 5.28. The maximum absolute atomic E-state index is 9.02. The standard InChI is InChI=1S/C24H27NO2/c1-16(2)21-20-14-24(4,5)27-23(20)19(12-9-13-25)17(3)22(21)26-15-18-10-7-6-8-11-18/h6-12,16H,14-15H2,1-5H3. The van der Waals surface area contributed by atoms with Gasteiger partial charge < -0.3 is 9.47 Å². The smallest absolute Gasteiger partial charge is 0.131 e. The highest BCUT2D eigenvalue weighted by Crippen LogP contribution is 2.49. The minimum Gasteiger partial charge on any atom is -0.488 e. The van der Waals surface area contributed by atoms with Gasteiger partial charge in [0.1, 0.15) is 23.7 Å². The summed E-state index contributed by atoms with van der Waals surface area (Å²) in [7, 11) is 0. The first kappa shape index (κ1) is 19.0. The molecule has 0 aliphatic carbocycles. The van der Waals surface area contributed by atoms with E-state index < -0.39 is 0 Å². The summed E-state index contributed by atoms with van der Waals surface area (Å²) in [5, 5.41) is 9.02. The summed E-state index contributed by atoms with van der Waals surface area (Å²) in [6.07, 6.45) is 4.19. The van der Waals surface area contributed by atoms with E-state index >= 15 is 0 Å². The second-order valence-electron chi connectivity index (χ2n) is 8.02. The van der Waals surface area contributed by atoms with Crippen molar-refractivity contribution in [2.45, 2.75) is 59.2 Å². The zero-order valence-corrected chi connectivity index (χ0v) is 16.8. The fourth-order valence-electron chi connectivity index (χ4n) is 3.79. The van der Waals surface area contributed by atoms with Crippen molar-refractivity contribution in [1.82, 2.24) is 0 Å². The van der Waals surface area contributed by atoms with Gasteiger partial charge in [-0.1, -0.05) is 44.2 Å². The van der Waals surface area contributed by atoms with Crippen molar-refractivity contribution >= 4 is 6.08 Å². The molecule has 0 bridgehead atoms. The van der Waals surface area contributed by atoms with Crippen LogP contribution in [0, 0.1) is 18.3 Å². The Balaban J connectivity index is 2.14. The Morgan fingerprint density at radius 3 is 2.59 bits per heavy atom. The molecule has 140 valence electrons. The fraction of sp³-hybridized carbons (Fsp3) is 0.375. The average molecular weight is 361 g/mol. The Labute approximate surface area is 162 Å². The zero-order valence-electron chi connectivity index (χ0n) is 16.8. The van der Waals surface area contributed by atoms with Crippen molar-refractivity contribution in [1.29, 1.82) is 5.26 Å². The third-order valence-corrected chi connectivity index (χ3v) is 4.94. The van der Waals surface area contributed by atoms with Gasteiger partial charge in [-0.3, -0.25) is 0 Å². The third kappa shape index (κ3) is 3.85. The average Bonchev–Trinajstić information content (AvgIpc) is 2.94. The molecule has 3 heteroatoms. The zero-order chi connectivity index (χ0) is 19.6. The Hall–Kier alpha value is -2.73. The molecule has 0 amide bonds. The molecule has 0 saturated heterocycles. The highest BCUT2D eigenvalue weighted by Gasteiger charge is 2.36. The molecule has 0 unspecified atom stereocenters. The number of allylic oxidation sites excluding steroid dienone is 1. The topological polar surface area (TPSA) is 42.2 Å². The summed E-state index contributed by atoms with van der Waals surface area (Å²) >= 11 is 0.